The Morgan fingerprint density at radius 2 is 1.46 bits per heavy atom. The van der Waals surface area contributed by atoms with E-state index in [2.05, 4.69) is 10.9 Å². The third-order valence-corrected chi connectivity index (χ3v) is 4.77. The van der Waals surface area contributed by atoms with E-state index in [1.54, 1.807) is 72.8 Å². The summed E-state index contributed by atoms with van der Waals surface area (Å²) in [5, 5.41) is 45.8. The first-order chi connectivity index (χ1) is 17.1. The summed E-state index contributed by atoms with van der Waals surface area (Å²) >= 11 is 0. The van der Waals surface area contributed by atoms with Gasteiger partial charge in [0, 0.05) is 11.8 Å². The van der Waals surface area contributed by atoms with Crippen molar-refractivity contribution in [3.63, 3.8) is 0 Å². The van der Waals surface area contributed by atoms with Crippen molar-refractivity contribution in [2.75, 3.05) is 0 Å². The summed E-state index contributed by atoms with van der Waals surface area (Å²) in [6.45, 7) is 7.30. The Bertz CT molecular complexity index is 1420. The van der Waals surface area contributed by atoms with Crippen LogP contribution in [0.25, 0.3) is 16.0 Å². The molecule has 0 heterocycles. The highest BCUT2D eigenvalue weighted by Gasteiger charge is 2.17. The van der Waals surface area contributed by atoms with E-state index in [4.69, 9.17) is 12.0 Å². The molecule has 0 bridgehead atoms. The SMILES string of the molecule is [C-]#[N+]/C(C#N)=C(/C(C#N)=C/C=C/C=C/C(C#N)=C(\c1ccccc1)C(C#N)C=N)c1ccccc1. The fourth-order valence-electron chi connectivity index (χ4n) is 3.20. The van der Waals surface area contributed by atoms with Crippen molar-refractivity contribution < 1.29 is 0 Å². The van der Waals surface area contributed by atoms with E-state index in [0.717, 1.165) is 6.21 Å². The van der Waals surface area contributed by atoms with E-state index < -0.39 is 5.92 Å². The number of allylic oxidation sites excluding steroid dienone is 10. The predicted molar refractivity (Wildman–Crippen MR) is 134 cm³/mol. The summed E-state index contributed by atoms with van der Waals surface area (Å²) in [5.41, 5.74) is 2.09. The van der Waals surface area contributed by atoms with Gasteiger partial charge in [0.2, 0.25) is 0 Å². The number of hydrogen-bond donors (Lipinski definition) is 1. The summed E-state index contributed by atoms with van der Waals surface area (Å²) in [5.74, 6) is -0.887. The molecule has 1 unspecified atom stereocenters. The molecule has 0 aromatic heterocycles. The maximum absolute atomic E-state index is 9.71. The Morgan fingerprint density at radius 3 is 1.94 bits per heavy atom. The molecule has 6 heteroatoms. The Hall–Kier alpha value is -5.74. The monoisotopic (exact) mass is 450 g/mol. The zero-order chi connectivity index (χ0) is 25.5. The van der Waals surface area contributed by atoms with Gasteiger partial charge in [0.15, 0.2) is 0 Å². The molecule has 0 radical (unpaired) electrons. The fraction of sp³-hybridized carbons (Fsp3) is 0.0345. The number of nitrogens with one attached hydrogen (secondary N) is 1. The zero-order valence-electron chi connectivity index (χ0n) is 18.6. The minimum Gasteiger partial charge on any atom is -0.311 e. The molecule has 2 aromatic rings. The molecule has 0 aliphatic carbocycles. The minimum absolute atomic E-state index is 0.141. The van der Waals surface area contributed by atoms with Crippen LogP contribution < -0.4 is 0 Å². The topological polar surface area (TPSA) is 123 Å². The Morgan fingerprint density at radius 1 is 0.829 bits per heavy atom. The lowest BCUT2D eigenvalue weighted by molar-refractivity contribution is 1.17. The molecular formula is C29H18N6. The van der Waals surface area contributed by atoms with Crippen LogP contribution in [-0.2, 0) is 0 Å². The Labute approximate surface area is 204 Å². The van der Waals surface area contributed by atoms with Crippen LogP contribution in [0, 0.1) is 63.2 Å². The molecule has 0 saturated heterocycles. The molecule has 0 fully saturated rings. The lowest BCUT2D eigenvalue weighted by Crippen LogP contribution is -2.04. The molecule has 0 aliphatic rings. The quantitative estimate of drug-likeness (QED) is 0.223. The van der Waals surface area contributed by atoms with Gasteiger partial charge >= 0.3 is 0 Å². The number of nitriles is 4. The van der Waals surface area contributed by atoms with Gasteiger partial charge in [-0.3, -0.25) is 0 Å². The lowest BCUT2D eigenvalue weighted by Gasteiger charge is -2.11. The number of nitrogens with zero attached hydrogens (tertiary/aromatic N) is 5. The van der Waals surface area contributed by atoms with Crippen molar-refractivity contribution in [2.24, 2.45) is 5.92 Å². The molecule has 0 aliphatic heterocycles. The van der Waals surface area contributed by atoms with E-state index >= 15 is 0 Å². The van der Waals surface area contributed by atoms with Crippen molar-refractivity contribution in [1.29, 1.82) is 26.5 Å². The average molecular weight is 451 g/mol. The summed E-state index contributed by atoms with van der Waals surface area (Å²) in [6.07, 6.45) is 8.74. The predicted octanol–water partition coefficient (Wildman–Crippen LogP) is 6.17. The second kappa shape index (κ2) is 13.6. The van der Waals surface area contributed by atoms with Crippen LogP contribution in [0.4, 0.5) is 0 Å². The standard InChI is InChI=1S/C29H18N6/c1-35-27(21-34)29(23-13-7-3-8-14-23)25(18-31)16-10-4-9-15-24(17-30)28(26(19-32)20-33)22-11-5-2-6-12-22/h2-16,19,26,32H/b10-4+,15-9+,25-16+,28-24-,29-27+,32-19?. The summed E-state index contributed by atoms with van der Waals surface area (Å²) in [6, 6.07) is 25.7. The van der Waals surface area contributed by atoms with Crippen LogP contribution in [0.5, 0.6) is 0 Å². The van der Waals surface area contributed by atoms with E-state index in [0.29, 0.717) is 16.7 Å². The molecule has 0 amide bonds. The van der Waals surface area contributed by atoms with Crippen LogP contribution >= 0.6 is 0 Å². The second-order valence-electron chi connectivity index (χ2n) is 6.83. The molecule has 0 spiro atoms. The van der Waals surface area contributed by atoms with Crippen molar-refractivity contribution in [3.05, 3.63) is 130 Å². The van der Waals surface area contributed by atoms with Gasteiger partial charge in [0.25, 0.3) is 5.70 Å². The average Bonchev–Trinajstić information content (AvgIpc) is 2.92. The maximum atomic E-state index is 9.71. The molecule has 1 atom stereocenters. The second-order valence-corrected chi connectivity index (χ2v) is 6.83. The number of hydrogen-bond acceptors (Lipinski definition) is 5. The molecular weight excluding hydrogens is 432 g/mol. The van der Waals surface area contributed by atoms with Crippen LogP contribution in [0.15, 0.2) is 108 Å². The van der Waals surface area contributed by atoms with Crippen LogP contribution in [0.3, 0.4) is 0 Å². The van der Waals surface area contributed by atoms with Crippen molar-refractivity contribution >= 4 is 17.4 Å². The van der Waals surface area contributed by atoms with Crippen LogP contribution in [0.2, 0.25) is 0 Å². The van der Waals surface area contributed by atoms with Gasteiger partial charge < -0.3 is 5.41 Å². The van der Waals surface area contributed by atoms with Gasteiger partial charge in [-0.25, -0.2) is 10.1 Å². The summed E-state index contributed by atoms with van der Waals surface area (Å²) < 4.78 is 0. The van der Waals surface area contributed by atoms with E-state index in [-0.39, 0.29) is 22.4 Å². The normalized spacial score (nSPS) is 13.3. The summed E-state index contributed by atoms with van der Waals surface area (Å²) in [4.78, 5) is 3.26. The van der Waals surface area contributed by atoms with Gasteiger partial charge in [0.05, 0.1) is 42.0 Å². The third-order valence-electron chi connectivity index (χ3n) is 4.77. The number of rotatable bonds is 8. The molecule has 6 nitrogen and oxygen atoms in total. The zero-order valence-corrected chi connectivity index (χ0v) is 18.6. The van der Waals surface area contributed by atoms with Gasteiger partial charge in [-0.2, -0.15) is 15.8 Å². The Kier molecular flexibility index (Phi) is 9.93. The van der Waals surface area contributed by atoms with E-state index in [1.807, 2.05) is 24.3 Å². The number of benzene rings is 2. The first-order valence-electron chi connectivity index (χ1n) is 10.3. The molecule has 164 valence electrons. The first-order valence-corrected chi connectivity index (χ1v) is 10.3. The van der Waals surface area contributed by atoms with Crippen LogP contribution in [-0.4, -0.2) is 6.21 Å². The minimum atomic E-state index is -0.887. The van der Waals surface area contributed by atoms with Gasteiger partial charge in [0.1, 0.15) is 5.92 Å². The van der Waals surface area contributed by atoms with Crippen molar-refractivity contribution in [2.45, 2.75) is 0 Å². The lowest BCUT2D eigenvalue weighted by atomic mass is 9.90. The van der Waals surface area contributed by atoms with Gasteiger partial charge in [-0.05, 0) is 28.9 Å². The molecule has 2 aromatic carbocycles. The molecule has 2 rings (SSSR count). The summed E-state index contributed by atoms with van der Waals surface area (Å²) in [7, 11) is 0. The largest absolute Gasteiger partial charge is 0.311 e. The fourth-order valence-corrected chi connectivity index (χ4v) is 3.20. The van der Waals surface area contributed by atoms with Crippen molar-refractivity contribution in [1.82, 2.24) is 0 Å². The van der Waals surface area contributed by atoms with E-state index in [9.17, 15) is 21.0 Å². The Balaban J connectivity index is 2.48. The van der Waals surface area contributed by atoms with Crippen molar-refractivity contribution in [3.8, 4) is 24.3 Å². The van der Waals surface area contributed by atoms with E-state index in [1.165, 1.54) is 12.2 Å². The third kappa shape index (κ3) is 6.62. The molecule has 0 saturated carbocycles. The first kappa shape index (κ1) is 25.5. The smallest absolute Gasteiger partial charge is 0.270 e. The maximum Gasteiger partial charge on any atom is 0.270 e. The van der Waals surface area contributed by atoms with Gasteiger partial charge in [-0.1, -0.05) is 78.9 Å². The highest BCUT2D eigenvalue weighted by atomic mass is 14.7. The van der Waals surface area contributed by atoms with Gasteiger partial charge in [-0.15, -0.1) is 0 Å². The highest BCUT2D eigenvalue weighted by Crippen LogP contribution is 2.28. The molecule has 35 heavy (non-hydrogen) atoms. The van der Waals surface area contributed by atoms with Crippen LogP contribution in [0.1, 0.15) is 11.1 Å². The molecule has 1 N–H and O–H groups in total. The highest BCUT2D eigenvalue weighted by molar-refractivity contribution is 5.89.